The molecule has 2 aliphatic heterocycles. The molecule has 13 atom stereocenters. The third kappa shape index (κ3) is 2.74. The maximum Gasteiger partial charge on any atom is 0.122 e. The van der Waals surface area contributed by atoms with Crippen molar-refractivity contribution in [3.63, 3.8) is 0 Å². The number of aliphatic hydroxyl groups is 2. The summed E-state index contributed by atoms with van der Waals surface area (Å²) in [5, 5.41) is 25.9. The Kier molecular flexibility index (Phi) is 4.78. The van der Waals surface area contributed by atoms with Gasteiger partial charge in [-0.2, -0.15) is 0 Å². The minimum absolute atomic E-state index is 0.00311. The average molecular weight is 432 g/mol. The summed E-state index contributed by atoms with van der Waals surface area (Å²) in [7, 11) is 0. The van der Waals surface area contributed by atoms with Gasteiger partial charge in [0.15, 0.2) is 0 Å². The van der Waals surface area contributed by atoms with Gasteiger partial charge in [0.25, 0.3) is 0 Å². The average Bonchev–Trinajstić information content (AvgIpc) is 3.14. The van der Waals surface area contributed by atoms with E-state index in [2.05, 4.69) is 33.0 Å². The molecule has 0 aromatic heterocycles. The Hall–Kier alpha value is -0.160. The van der Waals surface area contributed by atoms with Gasteiger partial charge >= 0.3 is 0 Å². The van der Waals surface area contributed by atoms with Gasteiger partial charge in [0.1, 0.15) is 5.72 Å². The molecule has 4 saturated carbocycles. The first kappa shape index (κ1) is 21.4. The number of aliphatic hydroxyl groups excluding tert-OH is 2. The Balaban J connectivity index is 1.30. The molecule has 6 aliphatic rings. The molecule has 6 fully saturated rings. The second kappa shape index (κ2) is 6.93. The standard InChI is InChI=1S/C27H45NO3/c1-15-7-12-27(28-14-15)16(2)21-24(31-27)23(30)22-19-6-5-17-13-18(29)8-10-25(17,3)20(19)9-11-26(21,22)4/h15-24,28-30H,5-14H2,1-4H3/t15-,16+,17+,18+,19-,20+,21+,22-,23-,24-,25+,26-,27+/m1/s1. The lowest BCUT2D eigenvalue weighted by atomic mass is 9.44. The van der Waals surface area contributed by atoms with Crippen molar-refractivity contribution in [2.45, 2.75) is 110 Å². The normalized spacial score (nSPS) is 63.3. The van der Waals surface area contributed by atoms with Gasteiger partial charge in [0, 0.05) is 18.4 Å². The molecule has 4 nitrogen and oxygen atoms in total. The molecular formula is C27H45NO3. The lowest BCUT2D eigenvalue weighted by Crippen LogP contribution is -2.59. The SMILES string of the molecule is C[C@@H]1CC[C@]2(NC1)O[C@H]1[C@H](O)[C@H]3[C@@H]4CC[C@H]5C[C@@H](O)CC[C@]5(C)[C@H]4CC[C@]3(C)[C@H]1[C@@H]2C. The van der Waals surface area contributed by atoms with Crippen LogP contribution < -0.4 is 5.32 Å². The Labute approximate surface area is 188 Å². The van der Waals surface area contributed by atoms with Crippen molar-refractivity contribution in [1.82, 2.24) is 5.32 Å². The molecule has 1 spiro atoms. The van der Waals surface area contributed by atoms with Crippen LogP contribution in [0.5, 0.6) is 0 Å². The summed E-state index contributed by atoms with van der Waals surface area (Å²) in [6.07, 6.45) is 10.1. The molecule has 176 valence electrons. The molecule has 2 saturated heterocycles. The first-order valence-electron chi connectivity index (χ1n) is 13.5. The highest BCUT2D eigenvalue weighted by Crippen LogP contribution is 2.71. The zero-order valence-electron chi connectivity index (χ0n) is 20.1. The van der Waals surface area contributed by atoms with Gasteiger partial charge < -0.3 is 14.9 Å². The number of fused-ring (bicyclic) bond motifs is 7. The van der Waals surface area contributed by atoms with Crippen LogP contribution in [0.2, 0.25) is 0 Å². The maximum atomic E-state index is 11.8. The summed E-state index contributed by atoms with van der Waals surface area (Å²) in [5.74, 6) is 4.04. The van der Waals surface area contributed by atoms with Crippen LogP contribution in [0.3, 0.4) is 0 Å². The first-order chi connectivity index (χ1) is 14.7. The molecule has 0 bridgehead atoms. The zero-order valence-corrected chi connectivity index (χ0v) is 20.1. The van der Waals surface area contributed by atoms with Crippen molar-refractivity contribution < 1.29 is 14.9 Å². The molecule has 4 heteroatoms. The van der Waals surface area contributed by atoms with Gasteiger partial charge in [0.05, 0.1) is 18.3 Å². The molecule has 2 heterocycles. The fourth-order valence-corrected chi connectivity index (χ4v) is 10.5. The number of hydrogen-bond acceptors (Lipinski definition) is 4. The minimum atomic E-state index is -0.319. The van der Waals surface area contributed by atoms with Gasteiger partial charge in [-0.1, -0.05) is 27.7 Å². The Morgan fingerprint density at radius 1 is 0.871 bits per heavy atom. The van der Waals surface area contributed by atoms with Gasteiger partial charge in [-0.15, -0.1) is 0 Å². The third-order valence-corrected chi connectivity index (χ3v) is 12.1. The van der Waals surface area contributed by atoms with E-state index < -0.39 is 0 Å². The molecule has 4 aliphatic carbocycles. The van der Waals surface area contributed by atoms with Gasteiger partial charge in [-0.25, -0.2) is 0 Å². The van der Waals surface area contributed by atoms with Crippen molar-refractivity contribution >= 4 is 0 Å². The molecule has 0 amide bonds. The monoisotopic (exact) mass is 431 g/mol. The fraction of sp³-hybridized carbons (Fsp3) is 1.00. The van der Waals surface area contributed by atoms with Crippen LogP contribution in [-0.2, 0) is 4.74 Å². The van der Waals surface area contributed by atoms with E-state index in [1.165, 1.54) is 38.5 Å². The third-order valence-electron chi connectivity index (χ3n) is 12.1. The molecule has 0 aromatic rings. The number of nitrogens with one attached hydrogen (secondary N) is 1. The molecule has 6 rings (SSSR count). The van der Waals surface area contributed by atoms with Crippen LogP contribution in [-0.4, -0.2) is 40.8 Å². The van der Waals surface area contributed by atoms with Crippen LogP contribution in [0.1, 0.15) is 85.5 Å². The smallest absolute Gasteiger partial charge is 0.122 e. The lowest BCUT2D eigenvalue weighted by Gasteiger charge is -2.61. The fourth-order valence-electron chi connectivity index (χ4n) is 10.5. The van der Waals surface area contributed by atoms with E-state index in [1.54, 1.807) is 0 Å². The van der Waals surface area contributed by atoms with Gasteiger partial charge in [-0.3, -0.25) is 5.32 Å². The van der Waals surface area contributed by atoms with Crippen LogP contribution in [0.15, 0.2) is 0 Å². The van der Waals surface area contributed by atoms with E-state index in [0.29, 0.717) is 40.9 Å². The van der Waals surface area contributed by atoms with Crippen molar-refractivity contribution in [3.8, 4) is 0 Å². The first-order valence-corrected chi connectivity index (χ1v) is 13.5. The topological polar surface area (TPSA) is 61.7 Å². The van der Waals surface area contributed by atoms with Crippen molar-refractivity contribution in [2.24, 2.45) is 52.3 Å². The van der Waals surface area contributed by atoms with Gasteiger partial charge in [-0.05, 0) is 98.2 Å². The summed E-state index contributed by atoms with van der Waals surface area (Å²) in [6, 6.07) is 0. The summed E-state index contributed by atoms with van der Waals surface area (Å²) in [5.41, 5.74) is 0.336. The molecule has 31 heavy (non-hydrogen) atoms. The predicted octanol–water partition coefficient (Wildman–Crippen LogP) is 4.34. The van der Waals surface area contributed by atoms with Crippen molar-refractivity contribution in [3.05, 3.63) is 0 Å². The molecule has 0 unspecified atom stereocenters. The molecule has 3 N–H and O–H groups in total. The summed E-state index contributed by atoms with van der Waals surface area (Å²) >= 11 is 0. The summed E-state index contributed by atoms with van der Waals surface area (Å²) in [4.78, 5) is 0. The zero-order chi connectivity index (χ0) is 21.8. The Morgan fingerprint density at radius 2 is 1.65 bits per heavy atom. The molecule has 0 aromatic carbocycles. The summed E-state index contributed by atoms with van der Waals surface area (Å²) in [6.45, 7) is 10.8. The van der Waals surface area contributed by atoms with E-state index in [-0.39, 0.29) is 29.5 Å². The number of hydrogen-bond donors (Lipinski definition) is 3. The van der Waals surface area contributed by atoms with Crippen LogP contribution in [0.4, 0.5) is 0 Å². The largest absolute Gasteiger partial charge is 0.393 e. The van der Waals surface area contributed by atoms with E-state index >= 15 is 0 Å². The van der Waals surface area contributed by atoms with Gasteiger partial charge in [0.2, 0.25) is 0 Å². The van der Waals surface area contributed by atoms with Crippen molar-refractivity contribution in [2.75, 3.05) is 6.54 Å². The summed E-state index contributed by atoms with van der Waals surface area (Å²) < 4.78 is 6.88. The minimum Gasteiger partial charge on any atom is -0.393 e. The lowest BCUT2D eigenvalue weighted by molar-refractivity contribution is -0.170. The second-order valence-electron chi connectivity index (χ2n) is 13.4. The van der Waals surface area contributed by atoms with Crippen molar-refractivity contribution in [1.29, 1.82) is 0 Å². The van der Waals surface area contributed by atoms with Crippen LogP contribution in [0, 0.1) is 52.3 Å². The number of rotatable bonds is 0. The maximum absolute atomic E-state index is 11.8. The van der Waals surface area contributed by atoms with E-state index in [4.69, 9.17) is 4.74 Å². The van der Waals surface area contributed by atoms with E-state index in [9.17, 15) is 10.2 Å². The second-order valence-corrected chi connectivity index (χ2v) is 13.4. The Morgan fingerprint density at radius 3 is 2.39 bits per heavy atom. The highest BCUT2D eigenvalue weighted by molar-refractivity contribution is 5.19. The van der Waals surface area contributed by atoms with Crippen LogP contribution >= 0.6 is 0 Å². The van der Waals surface area contributed by atoms with E-state index in [0.717, 1.165) is 31.7 Å². The Bertz CT molecular complexity index is 719. The predicted molar refractivity (Wildman–Crippen MR) is 121 cm³/mol. The highest BCUT2D eigenvalue weighted by Gasteiger charge is 2.71. The van der Waals surface area contributed by atoms with Crippen LogP contribution in [0.25, 0.3) is 0 Å². The molecular weight excluding hydrogens is 386 g/mol. The highest BCUT2D eigenvalue weighted by atomic mass is 16.5. The van der Waals surface area contributed by atoms with E-state index in [1.807, 2.05) is 0 Å². The quantitative estimate of drug-likeness (QED) is 0.534. The number of ether oxygens (including phenoxy) is 1. The molecule has 0 radical (unpaired) electrons. The number of piperidine rings is 1.